The van der Waals surface area contributed by atoms with Gasteiger partial charge in [0.1, 0.15) is 0 Å². The number of likely N-dealkylation sites (tertiary alicyclic amines) is 1. The summed E-state index contributed by atoms with van der Waals surface area (Å²) in [6, 6.07) is 8.03. The Bertz CT molecular complexity index is 453. The summed E-state index contributed by atoms with van der Waals surface area (Å²) in [6.45, 7) is 4.69. The minimum absolute atomic E-state index is 0. The molecule has 126 valence electrons. The van der Waals surface area contributed by atoms with Crippen LogP contribution in [-0.4, -0.2) is 43.5 Å². The highest BCUT2D eigenvalue weighted by molar-refractivity contribution is 5.94. The van der Waals surface area contributed by atoms with E-state index in [-0.39, 0.29) is 36.8 Å². The Morgan fingerprint density at radius 3 is 2.45 bits per heavy atom. The molecule has 1 heterocycles. The van der Waals surface area contributed by atoms with Gasteiger partial charge in [0, 0.05) is 44.0 Å². The Morgan fingerprint density at radius 2 is 1.95 bits per heavy atom. The standard InChI is InChI=1S/C16H25N3O.2ClH/c1-3-4-10-18(2)15-7-5-13(6-8-15)16(20)19-11-9-14(17)12-19;;/h5-8,14H,3-4,9-12,17H2,1-2H3;2*1H/t14-;;/m1../s1. The highest BCUT2D eigenvalue weighted by Gasteiger charge is 2.24. The van der Waals surface area contributed by atoms with Crippen molar-refractivity contribution >= 4 is 36.4 Å². The van der Waals surface area contributed by atoms with Gasteiger partial charge in [0.15, 0.2) is 0 Å². The van der Waals surface area contributed by atoms with Crippen LogP contribution in [-0.2, 0) is 0 Å². The summed E-state index contributed by atoms with van der Waals surface area (Å²) in [5.41, 5.74) is 7.77. The van der Waals surface area contributed by atoms with Gasteiger partial charge < -0.3 is 15.5 Å². The number of carbonyl (C=O) groups excluding carboxylic acids is 1. The van der Waals surface area contributed by atoms with Gasteiger partial charge in [0.25, 0.3) is 5.91 Å². The van der Waals surface area contributed by atoms with Crippen molar-refractivity contribution in [1.82, 2.24) is 4.90 Å². The number of hydrogen-bond donors (Lipinski definition) is 1. The molecule has 0 saturated carbocycles. The van der Waals surface area contributed by atoms with Crippen molar-refractivity contribution in [2.24, 2.45) is 5.73 Å². The molecule has 0 aliphatic carbocycles. The lowest BCUT2D eigenvalue weighted by atomic mass is 10.1. The largest absolute Gasteiger partial charge is 0.375 e. The Morgan fingerprint density at radius 1 is 1.32 bits per heavy atom. The number of nitrogens with zero attached hydrogens (tertiary/aromatic N) is 2. The lowest BCUT2D eigenvalue weighted by Gasteiger charge is -2.20. The molecule has 1 aromatic carbocycles. The summed E-state index contributed by atoms with van der Waals surface area (Å²) in [5.74, 6) is 0.0979. The number of hydrogen-bond acceptors (Lipinski definition) is 3. The summed E-state index contributed by atoms with van der Waals surface area (Å²) in [6.07, 6.45) is 3.28. The zero-order valence-electron chi connectivity index (χ0n) is 13.3. The van der Waals surface area contributed by atoms with E-state index in [1.54, 1.807) is 0 Å². The second kappa shape index (κ2) is 9.93. The van der Waals surface area contributed by atoms with Crippen LogP contribution in [0.15, 0.2) is 24.3 Å². The molecule has 4 nitrogen and oxygen atoms in total. The number of halogens is 2. The molecule has 0 spiro atoms. The Hall–Kier alpha value is -0.970. The average molecular weight is 348 g/mol. The van der Waals surface area contributed by atoms with Crippen molar-refractivity contribution in [3.05, 3.63) is 29.8 Å². The zero-order chi connectivity index (χ0) is 14.5. The van der Waals surface area contributed by atoms with Crippen LogP contribution in [0.4, 0.5) is 5.69 Å². The zero-order valence-corrected chi connectivity index (χ0v) is 15.0. The third kappa shape index (κ3) is 5.34. The molecule has 0 bridgehead atoms. The monoisotopic (exact) mass is 347 g/mol. The molecule has 2 N–H and O–H groups in total. The van der Waals surface area contributed by atoms with Gasteiger partial charge in [-0.25, -0.2) is 0 Å². The van der Waals surface area contributed by atoms with Crippen LogP contribution >= 0.6 is 24.8 Å². The van der Waals surface area contributed by atoms with Gasteiger partial charge in [-0.05, 0) is 37.1 Å². The lowest BCUT2D eigenvalue weighted by molar-refractivity contribution is 0.0791. The smallest absolute Gasteiger partial charge is 0.253 e. The first-order chi connectivity index (χ1) is 9.61. The normalized spacial score (nSPS) is 16.7. The maximum Gasteiger partial charge on any atom is 0.253 e. The van der Waals surface area contributed by atoms with Crippen LogP contribution < -0.4 is 10.6 Å². The summed E-state index contributed by atoms with van der Waals surface area (Å²) in [4.78, 5) is 16.4. The van der Waals surface area contributed by atoms with Crippen molar-refractivity contribution in [1.29, 1.82) is 0 Å². The molecule has 1 aromatic rings. The summed E-state index contributed by atoms with van der Waals surface area (Å²) in [5, 5.41) is 0. The number of benzene rings is 1. The molecule has 22 heavy (non-hydrogen) atoms. The molecule has 2 rings (SSSR count). The van der Waals surface area contributed by atoms with Crippen molar-refractivity contribution in [3.63, 3.8) is 0 Å². The second-order valence-corrected chi connectivity index (χ2v) is 5.62. The summed E-state index contributed by atoms with van der Waals surface area (Å²) >= 11 is 0. The number of unbranched alkanes of at least 4 members (excludes halogenated alkanes) is 1. The van der Waals surface area contributed by atoms with E-state index in [1.165, 1.54) is 12.8 Å². The Kier molecular flexibility index (Phi) is 9.49. The first-order valence-electron chi connectivity index (χ1n) is 7.48. The molecule has 1 fully saturated rings. The van der Waals surface area contributed by atoms with Crippen LogP contribution in [0.2, 0.25) is 0 Å². The predicted molar refractivity (Wildman–Crippen MR) is 97.6 cm³/mol. The minimum atomic E-state index is 0. The quantitative estimate of drug-likeness (QED) is 0.890. The van der Waals surface area contributed by atoms with Crippen molar-refractivity contribution in [2.75, 3.05) is 31.6 Å². The fourth-order valence-corrected chi connectivity index (χ4v) is 2.54. The van der Waals surface area contributed by atoms with Crippen LogP contribution in [0.1, 0.15) is 36.5 Å². The first-order valence-corrected chi connectivity index (χ1v) is 7.48. The SMILES string of the molecule is CCCCN(C)c1ccc(C(=O)N2CC[C@@H](N)C2)cc1.Cl.Cl. The molecule has 0 unspecified atom stereocenters. The van der Waals surface area contributed by atoms with Crippen LogP contribution in [0, 0.1) is 0 Å². The van der Waals surface area contributed by atoms with Gasteiger partial charge in [0.05, 0.1) is 0 Å². The molecule has 1 aliphatic rings. The number of carbonyl (C=O) groups is 1. The molecule has 1 saturated heterocycles. The topological polar surface area (TPSA) is 49.6 Å². The molecule has 1 amide bonds. The molecular formula is C16H27Cl2N3O. The van der Waals surface area contributed by atoms with Crippen LogP contribution in [0.5, 0.6) is 0 Å². The molecule has 1 atom stereocenters. The van der Waals surface area contributed by atoms with Crippen LogP contribution in [0.25, 0.3) is 0 Å². The molecule has 0 radical (unpaired) electrons. The Labute approximate surface area is 145 Å². The average Bonchev–Trinajstić information content (AvgIpc) is 2.90. The molecule has 1 aliphatic heterocycles. The highest BCUT2D eigenvalue weighted by Crippen LogP contribution is 2.17. The van der Waals surface area contributed by atoms with Gasteiger partial charge >= 0.3 is 0 Å². The minimum Gasteiger partial charge on any atom is -0.375 e. The maximum atomic E-state index is 12.3. The van der Waals surface area contributed by atoms with E-state index < -0.39 is 0 Å². The highest BCUT2D eigenvalue weighted by atomic mass is 35.5. The third-order valence-electron chi connectivity index (χ3n) is 3.91. The number of nitrogens with two attached hydrogens (primary N) is 1. The van der Waals surface area contributed by atoms with E-state index >= 15 is 0 Å². The summed E-state index contributed by atoms with van der Waals surface area (Å²) < 4.78 is 0. The van der Waals surface area contributed by atoms with E-state index in [1.807, 2.05) is 29.2 Å². The third-order valence-corrected chi connectivity index (χ3v) is 3.91. The van der Waals surface area contributed by atoms with E-state index in [4.69, 9.17) is 5.73 Å². The van der Waals surface area contributed by atoms with E-state index in [0.717, 1.165) is 30.8 Å². The molecule has 0 aromatic heterocycles. The van der Waals surface area contributed by atoms with Gasteiger partial charge in [-0.15, -0.1) is 24.8 Å². The van der Waals surface area contributed by atoms with E-state index in [9.17, 15) is 4.79 Å². The van der Waals surface area contributed by atoms with Gasteiger partial charge in [-0.1, -0.05) is 13.3 Å². The second-order valence-electron chi connectivity index (χ2n) is 5.62. The lowest BCUT2D eigenvalue weighted by Crippen LogP contribution is -2.31. The van der Waals surface area contributed by atoms with Gasteiger partial charge in [-0.2, -0.15) is 0 Å². The number of rotatable bonds is 5. The first kappa shape index (κ1) is 21.0. The van der Waals surface area contributed by atoms with Crippen molar-refractivity contribution in [3.8, 4) is 0 Å². The van der Waals surface area contributed by atoms with E-state index in [2.05, 4.69) is 18.9 Å². The predicted octanol–water partition coefficient (Wildman–Crippen LogP) is 2.94. The fourth-order valence-electron chi connectivity index (χ4n) is 2.54. The van der Waals surface area contributed by atoms with Crippen LogP contribution in [0.3, 0.4) is 0 Å². The van der Waals surface area contributed by atoms with Crippen molar-refractivity contribution in [2.45, 2.75) is 32.2 Å². The Balaban J connectivity index is 0.00000220. The number of anilines is 1. The molecular weight excluding hydrogens is 321 g/mol. The summed E-state index contributed by atoms with van der Waals surface area (Å²) in [7, 11) is 2.09. The fraction of sp³-hybridized carbons (Fsp3) is 0.562. The van der Waals surface area contributed by atoms with Crippen molar-refractivity contribution < 1.29 is 4.79 Å². The van der Waals surface area contributed by atoms with E-state index in [0.29, 0.717) is 6.54 Å². The number of amides is 1. The van der Waals surface area contributed by atoms with Gasteiger partial charge in [0.2, 0.25) is 0 Å². The van der Waals surface area contributed by atoms with Gasteiger partial charge in [-0.3, -0.25) is 4.79 Å². The maximum absolute atomic E-state index is 12.3. The molecule has 6 heteroatoms.